The van der Waals surface area contributed by atoms with E-state index in [1.54, 1.807) is 0 Å². The second-order valence-corrected chi connectivity index (χ2v) is 6.70. The van der Waals surface area contributed by atoms with Gasteiger partial charge in [-0.1, -0.05) is 58.2 Å². The molecule has 0 bridgehead atoms. The van der Waals surface area contributed by atoms with Crippen molar-refractivity contribution in [3.8, 4) is 11.4 Å². The van der Waals surface area contributed by atoms with Gasteiger partial charge < -0.3 is 4.52 Å². The molecule has 0 atom stereocenters. The molecule has 130 valence electrons. The van der Waals surface area contributed by atoms with E-state index >= 15 is 0 Å². The highest BCUT2D eigenvalue weighted by Gasteiger charge is 2.37. The minimum absolute atomic E-state index is 0.125. The zero-order valence-electron chi connectivity index (χ0n) is 13.5. The molecule has 0 N–H and O–H groups in total. The maximum atomic E-state index is 12.5. The third-order valence-corrected chi connectivity index (χ3v) is 4.80. The standard InChI is InChI=1S/C18H11Cl2N3O3/c1-9-2-4-10(5-3-9)16-21-15(26-22-16)8-23-17(24)11-6-13(19)14(20)7-12(11)18(23)25/h2-7H,8H2,1H3. The van der Waals surface area contributed by atoms with Gasteiger partial charge in [0.2, 0.25) is 11.7 Å². The summed E-state index contributed by atoms with van der Waals surface area (Å²) in [6.45, 7) is 1.85. The van der Waals surface area contributed by atoms with Gasteiger partial charge in [-0.15, -0.1) is 0 Å². The fourth-order valence-electron chi connectivity index (χ4n) is 2.70. The zero-order chi connectivity index (χ0) is 18.4. The highest BCUT2D eigenvalue weighted by atomic mass is 35.5. The van der Waals surface area contributed by atoms with Crippen LogP contribution >= 0.6 is 23.2 Å². The van der Waals surface area contributed by atoms with Crippen LogP contribution in [0.2, 0.25) is 10.0 Å². The number of fused-ring (bicyclic) bond motifs is 1. The normalized spacial score (nSPS) is 13.4. The molecule has 2 amide bonds. The Morgan fingerprint density at radius 3 is 2.15 bits per heavy atom. The van der Waals surface area contributed by atoms with Crippen LogP contribution in [0.15, 0.2) is 40.9 Å². The van der Waals surface area contributed by atoms with Gasteiger partial charge in [0.1, 0.15) is 6.54 Å². The summed E-state index contributed by atoms with van der Waals surface area (Å²) in [4.78, 5) is 30.3. The van der Waals surface area contributed by atoms with Crippen molar-refractivity contribution in [1.29, 1.82) is 0 Å². The summed E-state index contributed by atoms with van der Waals surface area (Å²) in [7, 11) is 0. The lowest BCUT2D eigenvalue weighted by atomic mass is 10.1. The van der Waals surface area contributed by atoms with E-state index in [0.29, 0.717) is 5.82 Å². The Bertz CT molecular complexity index is 1000. The Kier molecular flexibility index (Phi) is 4.01. The molecule has 0 aliphatic carbocycles. The summed E-state index contributed by atoms with van der Waals surface area (Å²) < 4.78 is 5.19. The number of halogens is 2. The molecular formula is C18H11Cl2N3O3. The van der Waals surface area contributed by atoms with Crippen molar-refractivity contribution in [3.63, 3.8) is 0 Å². The largest absolute Gasteiger partial charge is 0.337 e. The molecule has 1 aromatic heterocycles. The smallest absolute Gasteiger partial charge is 0.262 e. The molecule has 0 radical (unpaired) electrons. The van der Waals surface area contributed by atoms with E-state index in [2.05, 4.69) is 10.1 Å². The van der Waals surface area contributed by atoms with E-state index in [9.17, 15) is 9.59 Å². The minimum atomic E-state index is -0.473. The topological polar surface area (TPSA) is 76.3 Å². The van der Waals surface area contributed by atoms with Gasteiger partial charge in [-0.3, -0.25) is 14.5 Å². The number of rotatable bonds is 3. The fourth-order valence-corrected chi connectivity index (χ4v) is 3.03. The number of nitrogens with zero attached hydrogens (tertiary/aromatic N) is 3. The summed E-state index contributed by atoms with van der Waals surface area (Å²) in [5.74, 6) is -0.396. The molecule has 4 rings (SSSR count). The molecule has 2 heterocycles. The number of aryl methyl sites for hydroxylation is 1. The van der Waals surface area contributed by atoms with Crippen LogP contribution < -0.4 is 0 Å². The summed E-state index contributed by atoms with van der Waals surface area (Å²) in [5.41, 5.74) is 2.32. The molecule has 0 saturated heterocycles. The van der Waals surface area contributed by atoms with Crippen LogP contribution in [0.5, 0.6) is 0 Å². The lowest BCUT2D eigenvalue weighted by Crippen LogP contribution is -2.29. The third kappa shape index (κ3) is 2.77. The first kappa shape index (κ1) is 16.8. The van der Waals surface area contributed by atoms with Crippen LogP contribution in [-0.4, -0.2) is 26.9 Å². The van der Waals surface area contributed by atoms with Crippen molar-refractivity contribution < 1.29 is 14.1 Å². The number of hydrogen-bond donors (Lipinski definition) is 0. The Labute approximate surface area is 158 Å². The van der Waals surface area contributed by atoms with Gasteiger partial charge >= 0.3 is 0 Å². The summed E-state index contributed by atoms with van der Waals surface area (Å²) in [6, 6.07) is 10.4. The maximum absolute atomic E-state index is 12.5. The molecule has 2 aromatic carbocycles. The number of amides is 2. The minimum Gasteiger partial charge on any atom is -0.337 e. The van der Waals surface area contributed by atoms with Gasteiger partial charge in [-0.25, -0.2) is 0 Å². The number of carbonyl (C=O) groups is 2. The lowest BCUT2D eigenvalue weighted by Gasteiger charge is -2.09. The molecule has 6 nitrogen and oxygen atoms in total. The third-order valence-electron chi connectivity index (χ3n) is 4.08. The van der Waals surface area contributed by atoms with Crippen molar-refractivity contribution in [1.82, 2.24) is 15.0 Å². The molecule has 3 aromatic rings. The fraction of sp³-hybridized carbons (Fsp3) is 0.111. The number of benzene rings is 2. The first-order valence-corrected chi connectivity index (χ1v) is 8.44. The SMILES string of the molecule is Cc1ccc(-c2noc(CN3C(=O)c4cc(Cl)c(Cl)cc4C3=O)n2)cc1. The summed E-state index contributed by atoms with van der Waals surface area (Å²) >= 11 is 11.9. The van der Waals surface area contributed by atoms with E-state index in [1.807, 2.05) is 31.2 Å². The lowest BCUT2D eigenvalue weighted by molar-refractivity contribution is 0.0625. The molecule has 1 aliphatic rings. The highest BCUT2D eigenvalue weighted by Crippen LogP contribution is 2.32. The van der Waals surface area contributed by atoms with Crippen molar-refractivity contribution in [3.05, 3.63) is 69.0 Å². The quantitative estimate of drug-likeness (QED) is 0.630. The monoisotopic (exact) mass is 387 g/mol. The number of hydrogen-bond acceptors (Lipinski definition) is 5. The van der Waals surface area contributed by atoms with Gasteiger partial charge in [0.05, 0.1) is 21.2 Å². The van der Waals surface area contributed by atoms with Gasteiger partial charge in [0, 0.05) is 5.56 Å². The molecule has 1 aliphatic heterocycles. The van der Waals surface area contributed by atoms with E-state index in [1.165, 1.54) is 12.1 Å². The number of imide groups is 1. The summed E-state index contributed by atoms with van der Waals surface area (Å²) in [6.07, 6.45) is 0. The molecule has 0 fully saturated rings. The molecule has 0 unspecified atom stereocenters. The second-order valence-electron chi connectivity index (χ2n) is 5.89. The van der Waals surface area contributed by atoms with E-state index in [0.717, 1.165) is 16.0 Å². The van der Waals surface area contributed by atoms with E-state index in [-0.39, 0.29) is 33.6 Å². The number of carbonyl (C=O) groups excluding carboxylic acids is 2. The maximum Gasteiger partial charge on any atom is 0.262 e. The Hall–Kier alpha value is -2.70. The van der Waals surface area contributed by atoms with Crippen molar-refractivity contribution >= 4 is 35.0 Å². The Morgan fingerprint density at radius 1 is 1.00 bits per heavy atom. The molecule has 8 heteroatoms. The average Bonchev–Trinajstić information content (AvgIpc) is 3.17. The average molecular weight is 388 g/mol. The van der Waals surface area contributed by atoms with Crippen molar-refractivity contribution in [2.45, 2.75) is 13.5 Å². The molecule has 0 spiro atoms. The second kappa shape index (κ2) is 6.23. The van der Waals surface area contributed by atoms with E-state index < -0.39 is 11.8 Å². The van der Waals surface area contributed by atoms with Gasteiger partial charge in [-0.2, -0.15) is 4.98 Å². The van der Waals surface area contributed by atoms with Crippen LogP contribution in [0.4, 0.5) is 0 Å². The first-order valence-electron chi connectivity index (χ1n) is 7.69. The van der Waals surface area contributed by atoms with Crippen LogP contribution in [0.1, 0.15) is 32.2 Å². The zero-order valence-corrected chi connectivity index (χ0v) is 15.0. The first-order chi connectivity index (χ1) is 12.4. The predicted molar refractivity (Wildman–Crippen MR) is 95.1 cm³/mol. The van der Waals surface area contributed by atoms with Crippen molar-refractivity contribution in [2.75, 3.05) is 0 Å². The predicted octanol–water partition coefficient (Wildman–Crippen LogP) is 4.15. The molecule has 0 saturated carbocycles. The van der Waals surface area contributed by atoms with Gasteiger partial charge in [0.15, 0.2) is 0 Å². The number of aromatic nitrogens is 2. The van der Waals surface area contributed by atoms with Crippen LogP contribution in [-0.2, 0) is 6.54 Å². The summed E-state index contributed by atoms with van der Waals surface area (Å²) in [5, 5.41) is 4.34. The van der Waals surface area contributed by atoms with Gasteiger partial charge in [-0.05, 0) is 19.1 Å². The van der Waals surface area contributed by atoms with Crippen LogP contribution in [0, 0.1) is 6.92 Å². The van der Waals surface area contributed by atoms with E-state index in [4.69, 9.17) is 27.7 Å². The van der Waals surface area contributed by atoms with Crippen LogP contribution in [0.25, 0.3) is 11.4 Å². The molecular weight excluding hydrogens is 377 g/mol. The van der Waals surface area contributed by atoms with Crippen molar-refractivity contribution in [2.24, 2.45) is 0 Å². The highest BCUT2D eigenvalue weighted by molar-refractivity contribution is 6.43. The van der Waals surface area contributed by atoms with Crippen LogP contribution in [0.3, 0.4) is 0 Å². The Balaban J connectivity index is 1.60. The van der Waals surface area contributed by atoms with Gasteiger partial charge in [0.25, 0.3) is 11.8 Å². The molecule has 26 heavy (non-hydrogen) atoms. The Morgan fingerprint density at radius 2 is 1.58 bits per heavy atom.